The number of carbonyl (C=O) groups excluding carboxylic acids is 1. The highest BCUT2D eigenvalue weighted by Crippen LogP contribution is 2.26. The Bertz CT molecular complexity index is 1030. The van der Waals surface area contributed by atoms with Gasteiger partial charge >= 0.3 is 0 Å². The van der Waals surface area contributed by atoms with Crippen LogP contribution in [0.2, 0.25) is 0 Å². The topological polar surface area (TPSA) is 68.5 Å². The molecule has 1 heterocycles. The van der Waals surface area contributed by atoms with E-state index in [1.54, 1.807) is 68.8 Å². The van der Waals surface area contributed by atoms with E-state index in [4.69, 9.17) is 4.74 Å². The Hall–Kier alpha value is -3.34. The Morgan fingerprint density at radius 2 is 1.80 bits per heavy atom. The largest absolute Gasteiger partial charge is 0.506 e. The average molecular weight is 335 g/mol. The molecule has 5 nitrogen and oxygen atoms in total. The van der Waals surface area contributed by atoms with Gasteiger partial charge < -0.3 is 14.4 Å². The molecule has 0 bridgehead atoms. The van der Waals surface area contributed by atoms with Crippen LogP contribution in [0.5, 0.6) is 11.5 Å². The molecule has 0 atom stereocenters. The molecule has 2 aromatic carbocycles. The third kappa shape index (κ3) is 3.04. The van der Waals surface area contributed by atoms with Gasteiger partial charge in [-0.3, -0.25) is 9.59 Å². The second-order valence-corrected chi connectivity index (χ2v) is 5.58. The number of ether oxygens (including phenoxy) is 1. The quantitative estimate of drug-likeness (QED) is 0.587. The molecule has 126 valence electrons. The second kappa shape index (κ2) is 6.65. The van der Waals surface area contributed by atoms with E-state index < -0.39 is 11.3 Å². The number of aryl methyl sites for hydroxylation is 1. The van der Waals surface area contributed by atoms with Gasteiger partial charge in [-0.15, -0.1) is 0 Å². The maximum atomic E-state index is 12.5. The summed E-state index contributed by atoms with van der Waals surface area (Å²) in [5.41, 5.74) is 0.596. The van der Waals surface area contributed by atoms with Crippen LogP contribution in [0.25, 0.3) is 17.0 Å². The zero-order valence-corrected chi connectivity index (χ0v) is 13.9. The van der Waals surface area contributed by atoms with Crippen molar-refractivity contribution in [1.82, 2.24) is 4.57 Å². The van der Waals surface area contributed by atoms with Crippen molar-refractivity contribution in [3.63, 3.8) is 0 Å². The summed E-state index contributed by atoms with van der Waals surface area (Å²) in [4.78, 5) is 25.0. The first-order valence-electron chi connectivity index (χ1n) is 7.70. The van der Waals surface area contributed by atoms with Gasteiger partial charge in [0.2, 0.25) is 0 Å². The predicted octanol–water partition coefficient (Wildman–Crippen LogP) is 3.15. The van der Waals surface area contributed by atoms with Crippen molar-refractivity contribution in [3.05, 3.63) is 76.1 Å². The summed E-state index contributed by atoms with van der Waals surface area (Å²) in [5.74, 6) is -0.118. The number of methoxy groups -OCH3 is 1. The molecule has 0 aliphatic carbocycles. The van der Waals surface area contributed by atoms with E-state index >= 15 is 0 Å². The maximum absolute atomic E-state index is 12.5. The number of aromatic nitrogens is 1. The number of carbonyl (C=O) groups is 1. The lowest BCUT2D eigenvalue weighted by atomic mass is 10.1. The van der Waals surface area contributed by atoms with Crippen LogP contribution in [0.15, 0.2) is 59.4 Å². The van der Waals surface area contributed by atoms with E-state index in [2.05, 4.69) is 0 Å². The summed E-state index contributed by atoms with van der Waals surface area (Å²) in [6.45, 7) is 0. The number of fused-ring (bicyclic) bond motifs is 1. The monoisotopic (exact) mass is 335 g/mol. The Morgan fingerprint density at radius 1 is 1.12 bits per heavy atom. The van der Waals surface area contributed by atoms with Crippen molar-refractivity contribution in [3.8, 4) is 11.5 Å². The second-order valence-electron chi connectivity index (χ2n) is 5.58. The van der Waals surface area contributed by atoms with E-state index in [0.29, 0.717) is 16.7 Å². The Labute approximate surface area is 144 Å². The average Bonchev–Trinajstić information content (AvgIpc) is 2.65. The molecule has 0 fully saturated rings. The molecule has 3 rings (SSSR count). The van der Waals surface area contributed by atoms with Gasteiger partial charge in [0.25, 0.3) is 5.56 Å². The van der Waals surface area contributed by atoms with Crippen LogP contribution in [-0.4, -0.2) is 22.6 Å². The normalized spacial score (nSPS) is 11.1. The van der Waals surface area contributed by atoms with E-state index in [0.717, 1.165) is 5.56 Å². The van der Waals surface area contributed by atoms with Gasteiger partial charge in [-0.05, 0) is 35.9 Å². The molecule has 1 N–H and O–H groups in total. The minimum atomic E-state index is -0.542. The molecule has 0 amide bonds. The lowest BCUT2D eigenvalue weighted by Gasteiger charge is -2.09. The van der Waals surface area contributed by atoms with Crippen LogP contribution < -0.4 is 10.3 Å². The van der Waals surface area contributed by atoms with Crippen LogP contribution in [0.3, 0.4) is 0 Å². The van der Waals surface area contributed by atoms with Crippen LogP contribution in [-0.2, 0) is 7.05 Å². The Morgan fingerprint density at radius 3 is 2.48 bits per heavy atom. The van der Waals surface area contributed by atoms with Gasteiger partial charge in [-0.2, -0.15) is 0 Å². The molecule has 3 aromatic rings. The molecular formula is C20H17NO4. The van der Waals surface area contributed by atoms with Gasteiger partial charge in [-0.1, -0.05) is 30.3 Å². The molecule has 1 aromatic heterocycles. The van der Waals surface area contributed by atoms with Crippen molar-refractivity contribution in [1.29, 1.82) is 0 Å². The summed E-state index contributed by atoms with van der Waals surface area (Å²) in [6.07, 6.45) is 2.88. The van der Waals surface area contributed by atoms with Crippen molar-refractivity contribution >= 4 is 22.8 Å². The third-order valence-electron chi connectivity index (χ3n) is 4.07. The maximum Gasteiger partial charge on any atom is 0.265 e. The summed E-state index contributed by atoms with van der Waals surface area (Å²) in [5, 5.41) is 10.9. The molecule has 25 heavy (non-hydrogen) atoms. The lowest BCUT2D eigenvalue weighted by molar-refractivity contribution is 0.104. The summed E-state index contributed by atoms with van der Waals surface area (Å²) < 4.78 is 6.45. The van der Waals surface area contributed by atoms with E-state index in [9.17, 15) is 14.7 Å². The number of hydrogen-bond acceptors (Lipinski definition) is 4. The molecular weight excluding hydrogens is 318 g/mol. The van der Waals surface area contributed by atoms with Crippen LogP contribution >= 0.6 is 0 Å². The first-order valence-corrected chi connectivity index (χ1v) is 7.70. The predicted molar refractivity (Wildman–Crippen MR) is 97.2 cm³/mol. The van der Waals surface area contributed by atoms with Crippen LogP contribution in [0.4, 0.5) is 0 Å². The van der Waals surface area contributed by atoms with Crippen LogP contribution in [0, 0.1) is 0 Å². The van der Waals surface area contributed by atoms with Gasteiger partial charge in [0.15, 0.2) is 5.78 Å². The van der Waals surface area contributed by atoms with Crippen molar-refractivity contribution < 1.29 is 14.6 Å². The van der Waals surface area contributed by atoms with Crippen LogP contribution in [0.1, 0.15) is 15.9 Å². The van der Waals surface area contributed by atoms with E-state index in [1.807, 2.05) is 0 Å². The fourth-order valence-electron chi connectivity index (χ4n) is 2.67. The zero-order chi connectivity index (χ0) is 18.0. The van der Waals surface area contributed by atoms with E-state index in [-0.39, 0.29) is 11.3 Å². The molecule has 5 heteroatoms. The minimum Gasteiger partial charge on any atom is -0.506 e. The van der Waals surface area contributed by atoms with Gasteiger partial charge in [0, 0.05) is 12.4 Å². The van der Waals surface area contributed by atoms with Crippen molar-refractivity contribution in [2.75, 3.05) is 7.11 Å². The SMILES string of the molecule is COc1ccc(/C=C/C(=O)c2c(O)c3ccccc3n(C)c2=O)cc1. The summed E-state index contributed by atoms with van der Waals surface area (Å²) >= 11 is 0. The van der Waals surface area contributed by atoms with Crippen molar-refractivity contribution in [2.24, 2.45) is 7.05 Å². The smallest absolute Gasteiger partial charge is 0.265 e. The summed E-state index contributed by atoms with van der Waals surface area (Å²) in [7, 11) is 3.15. The number of benzene rings is 2. The number of aromatic hydroxyl groups is 1. The summed E-state index contributed by atoms with van der Waals surface area (Å²) in [6, 6.07) is 14.0. The Balaban J connectivity index is 2.02. The number of pyridine rings is 1. The number of ketones is 1. The number of allylic oxidation sites excluding steroid dienone is 1. The fraction of sp³-hybridized carbons (Fsp3) is 0.100. The van der Waals surface area contributed by atoms with E-state index in [1.165, 1.54) is 10.6 Å². The molecule has 0 unspecified atom stereocenters. The number of nitrogens with zero attached hydrogens (tertiary/aromatic N) is 1. The zero-order valence-electron chi connectivity index (χ0n) is 13.9. The highest BCUT2D eigenvalue weighted by molar-refractivity contribution is 6.11. The van der Waals surface area contributed by atoms with Crippen molar-refractivity contribution in [2.45, 2.75) is 0 Å². The molecule has 0 aliphatic heterocycles. The molecule has 0 spiro atoms. The lowest BCUT2D eigenvalue weighted by Crippen LogP contribution is -2.24. The highest BCUT2D eigenvalue weighted by atomic mass is 16.5. The third-order valence-corrected chi connectivity index (χ3v) is 4.07. The van der Waals surface area contributed by atoms with Gasteiger partial charge in [0.1, 0.15) is 17.1 Å². The number of para-hydroxylation sites is 1. The first-order chi connectivity index (χ1) is 12.0. The number of rotatable bonds is 4. The fourth-order valence-corrected chi connectivity index (χ4v) is 2.67. The number of hydrogen-bond donors (Lipinski definition) is 1. The standard InChI is InChI=1S/C20H17NO4/c1-21-16-6-4-3-5-15(16)19(23)18(20(21)24)17(22)12-9-13-7-10-14(25-2)11-8-13/h3-12,23H,1-2H3/b12-9+. The Kier molecular flexibility index (Phi) is 4.39. The molecule has 0 radical (unpaired) electrons. The molecule has 0 aliphatic rings. The van der Waals surface area contributed by atoms with Gasteiger partial charge in [0.05, 0.1) is 12.6 Å². The minimum absolute atomic E-state index is 0.231. The molecule has 0 saturated heterocycles. The van der Waals surface area contributed by atoms with Gasteiger partial charge in [-0.25, -0.2) is 0 Å². The first kappa shape index (κ1) is 16.5. The molecule has 0 saturated carbocycles. The highest BCUT2D eigenvalue weighted by Gasteiger charge is 2.18.